The third-order valence-electron chi connectivity index (χ3n) is 4.51. The number of amides is 1. The molecule has 1 heterocycles. The van der Waals surface area contributed by atoms with Gasteiger partial charge in [0.05, 0.1) is 18.4 Å². The van der Waals surface area contributed by atoms with Crippen molar-refractivity contribution in [3.05, 3.63) is 58.6 Å². The van der Waals surface area contributed by atoms with E-state index in [4.69, 9.17) is 16.3 Å². The normalized spacial score (nSPS) is 15.0. The molecule has 0 N–H and O–H groups in total. The first-order valence-electron chi connectivity index (χ1n) is 8.34. The van der Waals surface area contributed by atoms with E-state index in [2.05, 4.69) is 4.90 Å². The molecular weight excluding hydrogens is 381 g/mol. The van der Waals surface area contributed by atoms with E-state index in [0.717, 1.165) is 17.8 Å². The van der Waals surface area contributed by atoms with Gasteiger partial charge >= 0.3 is 6.18 Å². The lowest BCUT2D eigenvalue weighted by atomic mass is 10.1. The maximum absolute atomic E-state index is 12.6. The molecule has 3 rings (SSSR count). The number of carbonyl (C=O) groups excluding carboxylic acids is 1. The average molecular weight is 399 g/mol. The number of alkyl halides is 3. The Kier molecular flexibility index (Phi) is 5.51. The summed E-state index contributed by atoms with van der Waals surface area (Å²) in [6.07, 6.45) is -4.41. The Hall–Kier alpha value is -2.41. The molecule has 0 aromatic heterocycles. The zero-order valence-electron chi connectivity index (χ0n) is 14.6. The van der Waals surface area contributed by atoms with Crippen molar-refractivity contribution in [2.75, 3.05) is 38.2 Å². The van der Waals surface area contributed by atoms with Crippen molar-refractivity contribution in [1.82, 2.24) is 4.90 Å². The monoisotopic (exact) mass is 398 g/mol. The molecule has 1 aliphatic heterocycles. The molecule has 2 aromatic carbocycles. The number of carbonyl (C=O) groups is 1. The number of halogens is 4. The van der Waals surface area contributed by atoms with Crippen LogP contribution in [0.15, 0.2) is 42.5 Å². The summed E-state index contributed by atoms with van der Waals surface area (Å²) in [5, 5.41) is 0.592. The lowest BCUT2D eigenvalue weighted by molar-refractivity contribution is -0.137. The number of methoxy groups -OCH3 is 1. The van der Waals surface area contributed by atoms with Crippen molar-refractivity contribution in [1.29, 1.82) is 0 Å². The lowest BCUT2D eigenvalue weighted by Crippen LogP contribution is -2.48. The summed E-state index contributed by atoms with van der Waals surface area (Å²) in [6, 6.07) is 9.65. The van der Waals surface area contributed by atoms with Gasteiger partial charge in [-0.15, -0.1) is 0 Å². The second-order valence-electron chi connectivity index (χ2n) is 6.17. The van der Waals surface area contributed by atoms with Crippen LogP contribution in [0.25, 0.3) is 0 Å². The molecule has 0 radical (unpaired) electrons. The molecule has 0 aliphatic carbocycles. The number of hydrogen-bond acceptors (Lipinski definition) is 3. The summed E-state index contributed by atoms with van der Waals surface area (Å²) < 4.78 is 43.3. The first-order valence-corrected chi connectivity index (χ1v) is 8.72. The van der Waals surface area contributed by atoms with Crippen LogP contribution < -0.4 is 9.64 Å². The first kappa shape index (κ1) is 19.4. The summed E-state index contributed by atoms with van der Waals surface area (Å²) in [5.41, 5.74) is 0.334. The number of anilines is 1. The number of ether oxygens (including phenoxy) is 1. The molecule has 0 spiro atoms. The largest absolute Gasteiger partial charge is 0.495 e. The summed E-state index contributed by atoms with van der Waals surface area (Å²) >= 11 is 6.07. The third kappa shape index (κ3) is 4.30. The Morgan fingerprint density at radius 1 is 1.04 bits per heavy atom. The van der Waals surface area contributed by atoms with E-state index in [-0.39, 0.29) is 11.5 Å². The fourth-order valence-corrected chi connectivity index (χ4v) is 3.21. The number of benzene rings is 2. The number of piperazine rings is 1. The van der Waals surface area contributed by atoms with Crippen molar-refractivity contribution in [2.24, 2.45) is 0 Å². The molecule has 1 aliphatic rings. The van der Waals surface area contributed by atoms with Crippen molar-refractivity contribution in [2.45, 2.75) is 6.18 Å². The highest BCUT2D eigenvalue weighted by molar-refractivity contribution is 6.30. The van der Waals surface area contributed by atoms with Crippen molar-refractivity contribution < 1.29 is 22.7 Å². The van der Waals surface area contributed by atoms with Gasteiger partial charge in [-0.25, -0.2) is 0 Å². The van der Waals surface area contributed by atoms with Crippen LogP contribution >= 0.6 is 11.6 Å². The number of hydrogen-bond donors (Lipinski definition) is 0. The highest BCUT2D eigenvalue weighted by atomic mass is 35.5. The van der Waals surface area contributed by atoms with Crippen LogP contribution in [-0.4, -0.2) is 44.1 Å². The SMILES string of the molecule is COc1ccc(Cl)cc1N1CCN(C(=O)c2ccc(C(F)(F)F)cc2)CC1. The molecule has 0 saturated carbocycles. The maximum Gasteiger partial charge on any atom is 0.416 e. The second-order valence-corrected chi connectivity index (χ2v) is 6.61. The molecule has 144 valence electrons. The van der Waals surface area contributed by atoms with Crippen LogP contribution in [0, 0.1) is 0 Å². The van der Waals surface area contributed by atoms with Gasteiger partial charge in [-0.2, -0.15) is 13.2 Å². The molecule has 1 amide bonds. The zero-order chi connectivity index (χ0) is 19.6. The highest BCUT2D eigenvalue weighted by Gasteiger charge is 2.31. The predicted molar refractivity (Wildman–Crippen MR) is 97.6 cm³/mol. The van der Waals surface area contributed by atoms with Gasteiger partial charge in [0.25, 0.3) is 5.91 Å². The Balaban J connectivity index is 1.67. The van der Waals surface area contributed by atoms with Gasteiger partial charge in [0.15, 0.2) is 0 Å². The van der Waals surface area contributed by atoms with Crippen LogP contribution in [0.5, 0.6) is 5.75 Å². The minimum absolute atomic E-state index is 0.247. The van der Waals surface area contributed by atoms with Crippen molar-refractivity contribution in [3.8, 4) is 5.75 Å². The van der Waals surface area contributed by atoms with E-state index < -0.39 is 11.7 Å². The Morgan fingerprint density at radius 2 is 1.67 bits per heavy atom. The van der Waals surface area contributed by atoms with Crippen molar-refractivity contribution >= 4 is 23.2 Å². The topological polar surface area (TPSA) is 32.8 Å². The predicted octanol–water partition coefficient (Wildman–Crippen LogP) is 4.33. The molecule has 0 unspecified atom stereocenters. The molecule has 8 heteroatoms. The summed E-state index contributed by atoms with van der Waals surface area (Å²) in [5.74, 6) is 0.420. The van der Waals surface area contributed by atoms with Crippen LogP contribution in [0.1, 0.15) is 15.9 Å². The molecule has 4 nitrogen and oxygen atoms in total. The average Bonchev–Trinajstić information content (AvgIpc) is 2.67. The van der Waals surface area contributed by atoms with Crippen LogP contribution in [0.4, 0.5) is 18.9 Å². The van der Waals surface area contributed by atoms with Gasteiger partial charge in [-0.3, -0.25) is 4.79 Å². The maximum atomic E-state index is 12.6. The molecule has 1 fully saturated rings. The Labute approximate surface area is 160 Å². The second kappa shape index (κ2) is 7.68. The Bertz CT molecular complexity index is 817. The van der Waals surface area contributed by atoms with Gasteiger partial charge in [-0.1, -0.05) is 11.6 Å². The van der Waals surface area contributed by atoms with E-state index in [9.17, 15) is 18.0 Å². The smallest absolute Gasteiger partial charge is 0.416 e. The summed E-state index contributed by atoms with van der Waals surface area (Å²) in [4.78, 5) is 16.3. The zero-order valence-corrected chi connectivity index (χ0v) is 15.3. The van der Waals surface area contributed by atoms with E-state index in [1.165, 1.54) is 12.1 Å². The lowest BCUT2D eigenvalue weighted by Gasteiger charge is -2.36. The van der Waals surface area contributed by atoms with Crippen LogP contribution in [0.3, 0.4) is 0 Å². The quantitative estimate of drug-likeness (QED) is 0.771. The first-order chi connectivity index (χ1) is 12.8. The van der Waals surface area contributed by atoms with Crippen LogP contribution in [-0.2, 0) is 6.18 Å². The summed E-state index contributed by atoms with van der Waals surface area (Å²) in [7, 11) is 1.58. The van der Waals surface area contributed by atoms with Gasteiger partial charge in [0.1, 0.15) is 5.75 Å². The van der Waals surface area contributed by atoms with E-state index >= 15 is 0 Å². The fourth-order valence-electron chi connectivity index (χ4n) is 3.05. The molecular formula is C19H18ClF3N2O2. The Morgan fingerprint density at radius 3 is 2.22 bits per heavy atom. The van der Waals surface area contributed by atoms with Gasteiger partial charge in [-0.05, 0) is 42.5 Å². The van der Waals surface area contributed by atoms with Gasteiger partial charge in [0, 0.05) is 36.8 Å². The van der Waals surface area contributed by atoms with E-state index in [1.807, 2.05) is 6.07 Å². The minimum Gasteiger partial charge on any atom is -0.495 e. The van der Waals surface area contributed by atoms with Crippen molar-refractivity contribution in [3.63, 3.8) is 0 Å². The summed E-state index contributed by atoms with van der Waals surface area (Å²) in [6.45, 7) is 2.05. The van der Waals surface area contributed by atoms with E-state index in [1.54, 1.807) is 24.1 Å². The standard InChI is InChI=1S/C19H18ClF3N2O2/c1-27-17-7-6-15(20)12-16(17)24-8-10-25(11-9-24)18(26)13-2-4-14(5-3-13)19(21,22)23/h2-7,12H,8-11H2,1H3. The number of rotatable bonds is 3. The fraction of sp³-hybridized carbons (Fsp3) is 0.316. The van der Waals surface area contributed by atoms with Gasteiger partial charge < -0.3 is 14.5 Å². The minimum atomic E-state index is -4.41. The third-order valence-corrected chi connectivity index (χ3v) is 4.74. The number of nitrogens with zero attached hydrogens (tertiary/aromatic N) is 2. The highest BCUT2D eigenvalue weighted by Crippen LogP contribution is 2.32. The molecule has 27 heavy (non-hydrogen) atoms. The van der Waals surface area contributed by atoms with E-state index in [0.29, 0.717) is 37.0 Å². The molecule has 1 saturated heterocycles. The molecule has 0 bridgehead atoms. The van der Waals surface area contributed by atoms with Crippen LogP contribution in [0.2, 0.25) is 5.02 Å². The molecule has 2 aromatic rings. The molecule has 0 atom stereocenters. The van der Waals surface area contributed by atoms with Gasteiger partial charge in [0.2, 0.25) is 0 Å².